The zero-order valence-electron chi connectivity index (χ0n) is 13.7. The molecule has 0 saturated carbocycles. The van der Waals surface area contributed by atoms with E-state index < -0.39 is 0 Å². The van der Waals surface area contributed by atoms with Gasteiger partial charge >= 0.3 is 0 Å². The molecular formula is C17H19ClN4O2. The van der Waals surface area contributed by atoms with Crippen LogP contribution in [-0.4, -0.2) is 42.2 Å². The van der Waals surface area contributed by atoms with Crippen LogP contribution in [0.2, 0.25) is 5.02 Å². The summed E-state index contributed by atoms with van der Waals surface area (Å²) in [5.74, 6) is 0.284. The van der Waals surface area contributed by atoms with Gasteiger partial charge in [-0.1, -0.05) is 17.7 Å². The van der Waals surface area contributed by atoms with E-state index in [1.807, 2.05) is 24.8 Å². The Morgan fingerprint density at radius 2 is 1.96 bits per heavy atom. The number of nitrogens with one attached hydrogen (secondary N) is 1. The standard InChI is InChI=1S/C17H19ClN4O2/c1-11-3-4-13(18)10-14(11)20-16(23)15-9-12(2)19-17(21-15)22-5-7-24-8-6-22/h3-4,9-10H,5-8H2,1-2H3,(H,20,23). The molecule has 126 valence electrons. The summed E-state index contributed by atoms with van der Waals surface area (Å²) in [6.07, 6.45) is 0. The monoisotopic (exact) mass is 346 g/mol. The number of morpholine rings is 1. The number of amides is 1. The molecule has 24 heavy (non-hydrogen) atoms. The lowest BCUT2D eigenvalue weighted by molar-refractivity contribution is 0.102. The average Bonchev–Trinajstić information content (AvgIpc) is 2.58. The van der Waals surface area contributed by atoms with Gasteiger partial charge in [-0.2, -0.15) is 0 Å². The van der Waals surface area contributed by atoms with Crippen molar-refractivity contribution in [2.75, 3.05) is 36.5 Å². The van der Waals surface area contributed by atoms with Gasteiger partial charge < -0.3 is 15.0 Å². The van der Waals surface area contributed by atoms with Crippen LogP contribution in [0.15, 0.2) is 24.3 Å². The van der Waals surface area contributed by atoms with Crippen LogP contribution in [0.3, 0.4) is 0 Å². The van der Waals surface area contributed by atoms with E-state index in [0.29, 0.717) is 35.6 Å². The van der Waals surface area contributed by atoms with Crippen molar-refractivity contribution in [1.29, 1.82) is 0 Å². The second kappa shape index (κ2) is 7.15. The van der Waals surface area contributed by atoms with Gasteiger partial charge in [0.2, 0.25) is 5.95 Å². The quantitative estimate of drug-likeness (QED) is 0.925. The first-order valence-corrected chi connectivity index (χ1v) is 8.16. The Bertz CT molecular complexity index is 760. The van der Waals surface area contributed by atoms with Crippen LogP contribution >= 0.6 is 11.6 Å². The van der Waals surface area contributed by atoms with Gasteiger partial charge in [-0.15, -0.1) is 0 Å². The first kappa shape index (κ1) is 16.7. The maximum atomic E-state index is 12.6. The van der Waals surface area contributed by atoms with Gasteiger partial charge in [0.1, 0.15) is 5.69 Å². The number of rotatable bonds is 3. The summed E-state index contributed by atoms with van der Waals surface area (Å²) in [6, 6.07) is 7.06. The highest BCUT2D eigenvalue weighted by Crippen LogP contribution is 2.21. The number of aryl methyl sites for hydroxylation is 2. The number of carbonyl (C=O) groups is 1. The highest BCUT2D eigenvalue weighted by Gasteiger charge is 2.18. The zero-order valence-corrected chi connectivity index (χ0v) is 14.4. The topological polar surface area (TPSA) is 67.4 Å². The first-order valence-electron chi connectivity index (χ1n) is 7.79. The van der Waals surface area contributed by atoms with E-state index in [2.05, 4.69) is 15.3 Å². The Morgan fingerprint density at radius 1 is 1.21 bits per heavy atom. The second-order valence-electron chi connectivity index (χ2n) is 5.71. The lowest BCUT2D eigenvalue weighted by Crippen LogP contribution is -2.37. The van der Waals surface area contributed by atoms with Crippen LogP contribution in [0.4, 0.5) is 11.6 Å². The molecule has 1 saturated heterocycles. The third-order valence-corrected chi connectivity index (χ3v) is 4.05. The number of carbonyl (C=O) groups excluding carboxylic acids is 1. The first-order chi connectivity index (χ1) is 11.5. The molecule has 1 amide bonds. The third-order valence-electron chi connectivity index (χ3n) is 3.82. The van der Waals surface area contributed by atoms with E-state index >= 15 is 0 Å². The smallest absolute Gasteiger partial charge is 0.274 e. The minimum absolute atomic E-state index is 0.277. The number of hydrogen-bond acceptors (Lipinski definition) is 5. The SMILES string of the molecule is Cc1cc(C(=O)Nc2cc(Cl)ccc2C)nc(N2CCOCC2)n1. The third kappa shape index (κ3) is 3.83. The Morgan fingerprint density at radius 3 is 2.71 bits per heavy atom. The van der Waals surface area contributed by atoms with Crippen molar-refractivity contribution in [3.8, 4) is 0 Å². The Labute approximate surface area is 145 Å². The molecular weight excluding hydrogens is 328 g/mol. The molecule has 1 aromatic heterocycles. The molecule has 0 atom stereocenters. The molecule has 2 aromatic rings. The number of benzene rings is 1. The molecule has 0 unspecified atom stereocenters. The largest absolute Gasteiger partial charge is 0.378 e. The molecule has 2 heterocycles. The van der Waals surface area contributed by atoms with Crippen molar-refractivity contribution in [3.63, 3.8) is 0 Å². The molecule has 1 aliphatic heterocycles. The fourth-order valence-electron chi connectivity index (χ4n) is 2.49. The predicted molar refractivity (Wildman–Crippen MR) is 93.9 cm³/mol. The minimum atomic E-state index is -0.277. The average molecular weight is 347 g/mol. The van der Waals surface area contributed by atoms with E-state index in [4.69, 9.17) is 16.3 Å². The lowest BCUT2D eigenvalue weighted by atomic mass is 10.2. The van der Waals surface area contributed by atoms with Crippen molar-refractivity contribution in [2.45, 2.75) is 13.8 Å². The molecule has 0 spiro atoms. The van der Waals surface area contributed by atoms with Crippen LogP contribution in [0.5, 0.6) is 0 Å². The van der Waals surface area contributed by atoms with Crippen LogP contribution in [0, 0.1) is 13.8 Å². The number of halogens is 1. The highest BCUT2D eigenvalue weighted by atomic mass is 35.5. The van der Waals surface area contributed by atoms with E-state index in [-0.39, 0.29) is 5.91 Å². The summed E-state index contributed by atoms with van der Waals surface area (Å²) in [5, 5.41) is 3.44. The Balaban J connectivity index is 1.84. The van der Waals surface area contributed by atoms with Crippen molar-refractivity contribution < 1.29 is 9.53 Å². The molecule has 0 radical (unpaired) electrons. The highest BCUT2D eigenvalue weighted by molar-refractivity contribution is 6.31. The fraction of sp³-hybridized carbons (Fsp3) is 0.353. The number of nitrogens with zero attached hydrogens (tertiary/aromatic N) is 3. The zero-order chi connectivity index (χ0) is 17.1. The van der Waals surface area contributed by atoms with Crippen LogP contribution in [0.25, 0.3) is 0 Å². The van der Waals surface area contributed by atoms with Gasteiger partial charge in [0.25, 0.3) is 5.91 Å². The van der Waals surface area contributed by atoms with E-state index in [1.54, 1.807) is 18.2 Å². The molecule has 1 N–H and O–H groups in total. The van der Waals surface area contributed by atoms with Gasteiger partial charge in [-0.05, 0) is 37.6 Å². The molecule has 1 fully saturated rings. The molecule has 7 heteroatoms. The molecule has 3 rings (SSSR count). The summed E-state index contributed by atoms with van der Waals surface area (Å²) in [5.41, 5.74) is 2.70. The minimum Gasteiger partial charge on any atom is -0.378 e. The molecule has 6 nitrogen and oxygen atoms in total. The maximum Gasteiger partial charge on any atom is 0.274 e. The summed E-state index contributed by atoms with van der Waals surface area (Å²) < 4.78 is 5.34. The maximum absolute atomic E-state index is 12.6. The van der Waals surface area contributed by atoms with Crippen molar-refractivity contribution in [3.05, 3.63) is 46.2 Å². The van der Waals surface area contributed by atoms with E-state index in [1.165, 1.54) is 0 Å². The predicted octanol–water partition coefficient (Wildman–Crippen LogP) is 2.84. The Kier molecular flexibility index (Phi) is 4.97. The fourth-order valence-corrected chi connectivity index (χ4v) is 2.66. The molecule has 1 aliphatic rings. The van der Waals surface area contributed by atoms with Gasteiger partial charge in [0.05, 0.1) is 13.2 Å². The van der Waals surface area contributed by atoms with Gasteiger partial charge in [-0.3, -0.25) is 4.79 Å². The summed E-state index contributed by atoms with van der Waals surface area (Å²) in [4.78, 5) is 23.5. The molecule has 0 bridgehead atoms. The normalized spacial score (nSPS) is 14.5. The van der Waals surface area contributed by atoms with Gasteiger partial charge in [0, 0.05) is 29.5 Å². The van der Waals surface area contributed by atoms with E-state index in [9.17, 15) is 4.79 Å². The van der Waals surface area contributed by atoms with Crippen molar-refractivity contribution in [1.82, 2.24) is 9.97 Å². The molecule has 0 aliphatic carbocycles. The summed E-state index contributed by atoms with van der Waals surface area (Å²) in [6.45, 7) is 6.49. The van der Waals surface area contributed by atoms with Crippen LogP contribution in [0.1, 0.15) is 21.7 Å². The van der Waals surface area contributed by atoms with Crippen molar-refractivity contribution in [2.24, 2.45) is 0 Å². The Hall–Kier alpha value is -2.18. The molecule has 1 aromatic carbocycles. The van der Waals surface area contributed by atoms with Crippen LogP contribution < -0.4 is 10.2 Å². The van der Waals surface area contributed by atoms with Crippen LogP contribution in [-0.2, 0) is 4.74 Å². The number of anilines is 2. The number of ether oxygens (including phenoxy) is 1. The summed E-state index contributed by atoms with van der Waals surface area (Å²) in [7, 11) is 0. The summed E-state index contributed by atoms with van der Waals surface area (Å²) >= 11 is 6.00. The van der Waals surface area contributed by atoms with Gasteiger partial charge in [-0.25, -0.2) is 9.97 Å². The van der Waals surface area contributed by atoms with Crippen molar-refractivity contribution >= 4 is 29.1 Å². The second-order valence-corrected chi connectivity index (χ2v) is 6.14. The van der Waals surface area contributed by atoms with Gasteiger partial charge in [0.15, 0.2) is 0 Å². The van der Waals surface area contributed by atoms with E-state index in [0.717, 1.165) is 24.3 Å². The lowest BCUT2D eigenvalue weighted by Gasteiger charge is -2.27. The number of hydrogen-bond donors (Lipinski definition) is 1. The number of aromatic nitrogens is 2.